The molecule has 164 valence electrons. The van der Waals surface area contributed by atoms with E-state index in [1.807, 2.05) is 24.3 Å². The van der Waals surface area contributed by atoms with Crippen molar-refractivity contribution in [3.63, 3.8) is 0 Å². The lowest BCUT2D eigenvalue weighted by molar-refractivity contribution is 0.215. The minimum atomic E-state index is 0.125. The fourth-order valence-electron chi connectivity index (χ4n) is 4.45. The third-order valence-corrected chi connectivity index (χ3v) is 6.33. The zero-order chi connectivity index (χ0) is 22.3. The van der Waals surface area contributed by atoms with Gasteiger partial charge in [-0.1, -0.05) is 60.1 Å². The molecule has 1 saturated heterocycles. The molecule has 3 aromatic carbocycles. The van der Waals surface area contributed by atoms with Crippen molar-refractivity contribution in [2.45, 2.75) is 25.4 Å². The molecule has 0 unspecified atom stereocenters. The molecule has 0 saturated carbocycles. The smallest absolute Gasteiger partial charge is 0.101 e. The van der Waals surface area contributed by atoms with Crippen LogP contribution < -0.4 is 4.90 Å². The molecule has 1 N–H and O–H groups in total. The van der Waals surface area contributed by atoms with Crippen molar-refractivity contribution in [2.24, 2.45) is 0 Å². The first kappa shape index (κ1) is 22.4. The average Bonchev–Trinajstić information content (AvgIpc) is 2.84. The molecule has 4 rings (SSSR count). The van der Waals surface area contributed by atoms with Crippen LogP contribution in [0, 0.1) is 11.3 Å². The predicted octanol–water partition coefficient (Wildman–Crippen LogP) is 5.20. The highest BCUT2D eigenvalue weighted by atomic mass is 35.5. The van der Waals surface area contributed by atoms with E-state index in [2.05, 4.69) is 64.4 Å². The van der Waals surface area contributed by atoms with Gasteiger partial charge in [-0.05, 0) is 53.8 Å². The second-order valence-electron chi connectivity index (χ2n) is 8.27. The van der Waals surface area contributed by atoms with Gasteiger partial charge < -0.3 is 10.0 Å². The number of anilines is 1. The van der Waals surface area contributed by atoms with Gasteiger partial charge in [0.2, 0.25) is 0 Å². The predicted molar refractivity (Wildman–Crippen MR) is 130 cm³/mol. The molecule has 0 spiro atoms. The van der Waals surface area contributed by atoms with E-state index in [0.29, 0.717) is 12.0 Å². The summed E-state index contributed by atoms with van der Waals surface area (Å²) in [4.78, 5) is 4.84. The van der Waals surface area contributed by atoms with Gasteiger partial charge in [-0.15, -0.1) is 0 Å². The normalized spacial score (nSPS) is 16.7. The quantitative estimate of drug-likeness (QED) is 0.543. The van der Waals surface area contributed by atoms with E-state index >= 15 is 0 Å². The molecule has 1 aliphatic heterocycles. The van der Waals surface area contributed by atoms with Gasteiger partial charge >= 0.3 is 0 Å². The number of aryl methyl sites for hydroxylation is 1. The molecule has 5 heteroatoms. The molecule has 1 fully saturated rings. The van der Waals surface area contributed by atoms with Crippen molar-refractivity contribution in [3.05, 3.63) is 100 Å². The maximum Gasteiger partial charge on any atom is 0.101 e. The number of nitrogens with zero attached hydrogens (tertiary/aromatic N) is 3. The first-order chi connectivity index (χ1) is 15.7. The van der Waals surface area contributed by atoms with E-state index in [1.54, 1.807) is 0 Å². The number of benzene rings is 3. The highest BCUT2D eigenvalue weighted by molar-refractivity contribution is 6.30. The van der Waals surface area contributed by atoms with E-state index in [1.165, 1.54) is 11.1 Å². The maximum absolute atomic E-state index is 9.89. The molecular formula is C27H28ClN3O. The molecule has 0 bridgehead atoms. The second kappa shape index (κ2) is 10.7. The monoisotopic (exact) mass is 445 g/mol. The second-order valence-corrected chi connectivity index (χ2v) is 8.71. The summed E-state index contributed by atoms with van der Waals surface area (Å²) < 4.78 is 0. The summed E-state index contributed by atoms with van der Waals surface area (Å²) in [7, 11) is 0. The average molecular weight is 446 g/mol. The van der Waals surface area contributed by atoms with E-state index in [0.717, 1.165) is 48.9 Å². The Morgan fingerprint density at radius 3 is 2.47 bits per heavy atom. The molecule has 4 nitrogen and oxygen atoms in total. The Labute approximate surface area is 195 Å². The minimum Gasteiger partial charge on any atom is -0.396 e. The fraction of sp³-hybridized carbons (Fsp3) is 0.296. The number of aliphatic hydroxyl groups is 1. The van der Waals surface area contributed by atoms with Gasteiger partial charge in [0.05, 0.1) is 17.3 Å². The molecular weight excluding hydrogens is 418 g/mol. The van der Waals surface area contributed by atoms with Gasteiger partial charge in [0, 0.05) is 37.8 Å². The zero-order valence-corrected chi connectivity index (χ0v) is 18.9. The van der Waals surface area contributed by atoms with E-state index in [4.69, 9.17) is 16.7 Å². The van der Waals surface area contributed by atoms with Crippen LogP contribution in [0.5, 0.6) is 0 Å². The van der Waals surface area contributed by atoms with Crippen molar-refractivity contribution < 1.29 is 5.11 Å². The van der Waals surface area contributed by atoms with Crippen LogP contribution >= 0.6 is 11.6 Å². The van der Waals surface area contributed by atoms with Crippen molar-refractivity contribution in [3.8, 4) is 6.07 Å². The lowest BCUT2D eigenvalue weighted by Gasteiger charge is -2.43. The molecule has 3 aromatic rings. The minimum absolute atomic E-state index is 0.125. The van der Waals surface area contributed by atoms with Crippen molar-refractivity contribution in [2.75, 3.05) is 31.1 Å². The van der Waals surface area contributed by atoms with Crippen LogP contribution in [-0.4, -0.2) is 36.2 Å². The zero-order valence-electron chi connectivity index (χ0n) is 18.1. The molecule has 0 aromatic heterocycles. The third-order valence-electron chi connectivity index (χ3n) is 6.08. The van der Waals surface area contributed by atoms with Gasteiger partial charge in [-0.3, -0.25) is 4.90 Å². The number of hydrogen-bond donors (Lipinski definition) is 1. The Kier molecular flexibility index (Phi) is 7.44. The lowest BCUT2D eigenvalue weighted by atomic mass is 9.98. The van der Waals surface area contributed by atoms with Gasteiger partial charge in [0.25, 0.3) is 0 Å². The topological polar surface area (TPSA) is 50.5 Å². The van der Waals surface area contributed by atoms with Crippen LogP contribution in [-0.2, 0) is 13.0 Å². The molecule has 0 radical (unpaired) electrons. The number of piperazine rings is 1. The highest BCUT2D eigenvalue weighted by Crippen LogP contribution is 2.34. The molecule has 1 atom stereocenters. The summed E-state index contributed by atoms with van der Waals surface area (Å²) >= 11 is 6.16. The Balaban J connectivity index is 1.63. The SMILES string of the molecule is N#Cc1cc(CCCO)ccc1N1CCN(Cc2ccccc2)C[C@H]1c1ccc(Cl)cc1. The standard InChI is InChI=1S/C27H28ClN3O/c28-25-11-9-23(10-12-25)27-20-30(19-22-5-2-1-3-6-22)14-15-31(27)26-13-8-21(7-4-16-32)17-24(26)18-29/h1-3,5-6,8-13,17,27,32H,4,7,14-16,19-20H2/t27-/m0/s1. The Hall–Kier alpha value is -2.84. The summed E-state index contributed by atoms with van der Waals surface area (Å²) in [6.07, 6.45) is 1.48. The van der Waals surface area contributed by atoms with Crippen molar-refractivity contribution in [1.29, 1.82) is 5.26 Å². The number of hydrogen-bond acceptors (Lipinski definition) is 4. The number of aliphatic hydroxyl groups excluding tert-OH is 1. The van der Waals surface area contributed by atoms with Gasteiger partial charge in [0.1, 0.15) is 6.07 Å². The maximum atomic E-state index is 9.89. The summed E-state index contributed by atoms with van der Waals surface area (Å²) in [5.41, 5.74) is 5.25. The number of rotatable bonds is 7. The first-order valence-electron chi connectivity index (χ1n) is 11.1. The summed E-state index contributed by atoms with van der Waals surface area (Å²) in [5, 5.41) is 19.7. The molecule has 1 heterocycles. The van der Waals surface area contributed by atoms with Crippen molar-refractivity contribution in [1.82, 2.24) is 4.90 Å². The van der Waals surface area contributed by atoms with Gasteiger partial charge in [-0.2, -0.15) is 5.26 Å². The number of halogens is 1. The van der Waals surface area contributed by atoms with Gasteiger partial charge in [0.15, 0.2) is 0 Å². The van der Waals surface area contributed by atoms with Crippen molar-refractivity contribution >= 4 is 17.3 Å². The third kappa shape index (κ3) is 5.31. The van der Waals surface area contributed by atoms with Crippen LogP contribution in [0.25, 0.3) is 0 Å². The van der Waals surface area contributed by atoms with Crippen LogP contribution in [0.4, 0.5) is 5.69 Å². The van der Waals surface area contributed by atoms with Crippen LogP contribution in [0.3, 0.4) is 0 Å². The lowest BCUT2D eigenvalue weighted by Crippen LogP contribution is -2.48. The van der Waals surface area contributed by atoms with E-state index < -0.39 is 0 Å². The largest absolute Gasteiger partial charge is 0.396 e. The highest BCUT2D eigenvalue weighted by Gasteiger charge is 2.30. The summed E-state index contributed by atoms with van der Waals surface area (Å²) in [6, 6.07) is 27.3. The molecule has 0 aliphatic carbocycles. The molecule has 32 heavy (non-hydrogen) atoms. The Morgan fingerprint density at radius 1 is 0.969 bits per heavy atom. The summed E-state index contributed by atoms with van der Waals surface area (Å²) in [6.45, 7) is 3.70. The van der Waals surface area contributed by atoms with Crippen LogP contribution in [0.15, 0.2) is 72.8 Å². The van der Waals surface area contributed by atoms with Gasteiger partial charge in [-0.25, -0.2) is 0 Å². The fourth-order valence-corrected chi connectivity index (χ4v) is 4.57. The molecule has 1 aliphatic rings. The van der Waals surface area contributed by atoms with Crippen LogP contribution in [0.2, 0.25) is 5.02 Å². The number of nitriles is 1. The first-order valence-corrected chi connectivity index (χ1v) is 11.5. The van der Waals surface area contributed by atoms with Crippen LogP contribution in [0.1, 0.15) is 34.7 Å². The Bertz CT molecular complexity index is 1060. The Morgan fingerprint density at radius 2 is 1.75 bits per heavy atom. The molecule has 0 amide bonds. The van der Waals surface area contributed by atoms with E-state index in [9.17, 15) is 5.26 Å². The summed E-state index contributed by atoms with van der Waals surface area (Å²) in [5.74, 6) is 0. The van der Waals surface area contributed by atoms with E-state index in [-0.39, 0.29) is 12.6 Å².